The Bertz CT molecular complexity index is 524. The summed E-state index contributed by atoms with van der Waals surface area (Å²) in [5, 5.41) is 4.43. The van der Waals surface area contributed by atoms with Crippen LogP contribution in [0.1, 0.15) is 42.9 Å². The van der Waals surface area contributed by atoms with E-state index in [1.807, 2.05) is 24.9 Å². The van der Waals surface area contributed by atoms with Crippen LogP contribution in [-0.4, -0.2) is 58.2 Å². The van der Waals surface area contributed by atoms with Crippen molar-refractivity contribution in [2.75, 3.05) is 32.7 Å². The van der Waals surface area contributed by atoms with Crippen LogP contribution in [0.3, 0.4) is 0 Å². The largest absolute Gasteiger partial charge is 0.335 e. The maximum Gasteiger partial charge on any atom is 0.272 e. The average molecular weight is 290 g/mol. The number of nitrogens with zero attached hydrogens (tertiary/aromatic N) is 4. The van der Waals surface area contributed by atoms with E-state index in [0.29, 0.717) is 11.6 Å². The fourth-order valence-corrected chi connectivity index (χ4v) is 2.62. The number of carbonyl (C=O) groups is 1. The Morgan fingerprint density at radius 1 is 1.33 bits per heavy atom. The Balaban J connectivity index is 2.00. The second-order valence-electron chi connectivity index (χ2n) is 6.26. The van der Waals surface area contributed by atoms with Crippen LogP contribution in [0.15, 0.2) is 18.2 Å². The minimum atomic E-state index is 0.0897. The first-order valence-corrected chi connectivity index (χ1v) is 7.58. The third kappa shape index (κ3) is 3.73. The molecule has 0 atom stereocenters. The highest BCUT2D eigenvalue weighted by atomic mass is 16.2. The average Bonchev–Trinajstić information content (AvgIpc) is 2.80. The first kappa shape index (κ1) is 15.8. The predicted octanol–water partition coefficient (Wildman–Crippen LogP) is 1.88. The van der Waals surface area contributed by atoms with Crippen molar-refractivity contribution in [2.45, 2.75) is 26.7 Å². The molecule has 0 radical (unpaired) electrons. The minimum absolute atomic E-state index is 0.0897. The van der Waals surface area contributed by atoms with Gasteiger partial charge in [0, 0.05) is 39.8 Å². The van der Waals surface area contributed by atoms with Gasteiger partial charge in [-0.1, -0.05) is 26.0 Å². The molecule has 5 nitrogen and oxygen atoms in total. The number of aromatic nitrogens is 2. The molecule has 1 aromatic heterocycles. The summed E-state index contributed by atoms with van der Waals surface area (Å²) in [5.74, 6) is 0.428. The van der Waals surface area contributed by atoms with Gasteiger partial charge in [0.2, 0.25) is 0 Å². The zero-order valence-electron chi connectivity index (χ0n) is 13.6. The molecule has 1 saturated heterocycles. The summed E-state index contributed by atoms with van der Waals surface area (Å²) in [6, 6.07) is 1.92. The van der Waals surface area contributed by atoms with Crippen LogP contribution < -0.4 is 0 Å². The Labute approximate surface area is 127 Å². The molecule has 1 aliphatic heterocycles. The molecule has 0 aliphatic carbocycles. The molecule has 21 heavy (non-hydrogen) atoms. The lowest BCUT2D eigenvalue weighted by Crippen LogP contribution is -2.49. The first-order chi connectivity index (χ1) is 9.88. The lowest BCUT2D eigenvalue weighted by molar-refractivity contribution is 0.0637. The monoisotopic (exact) mass is 290 g/mol. The number of amides is 1. The van der Waals surface area contributed by atoms with E-state index in [0.717, 1.165) is 38.4 Å². The van der Waals surface area contributed by atoms with Crippen LogP contribution >= 0.6 is 0 Å². The van der Waals surface area contributed by atoms with E-state index in [4.69, 9.17) is 0 Å². The van der Waals surface area contributed by atoms with E-state index in [1.54, 1.807) is 4.68 Å². The van der Waals surface area contributed by atoms with Crippen LogP contribution in [0.5, 0.6) is 0 Å². The smallest absolute Gasteiger partial charge is 0.272 e. The molecular formula is C16H26N4O. The van der Waals surface area contributed by atoms with Crippen molar-refractivity contribution in [1.29, 1.82) is 0 Å². The molecule has 1 fully saturated rings. The summed E-state index contributed by atoms with van der Waals surface area (Å²) in [7, 11) is 1.84. The highest BCUT2D eigenvalue weighted by Gasteiger charge is 2.24. The van der Waals surface area contributed by atoms with Crippen molar-refractivity contribution in [2.24, 2.45) is 7.05 Å². The van der Waals surface area contributed by atoms with Crippen LogP contribution in [0.25, 0.3) is 0 Å². The maximum absolute atomic E-state index is 12.6. The van der Waals surface area contributed by atoms with E-state index in [9.17, 15) is 4.79 Å². The van der Waals surface area contributed by atoms with Crippen molar-refractivity contribution in [1.82, 2.24) is 19.6 Å². The first-order valence-electron chi connectivity index (χ1n) is 7.58. The standard InChI is InChI=1S/C16H26N4O/c1-12(2)11-19-6-8-20(9-7-19)16(21)15-10-14(13(3)4)17-18(15)5/h10,13H,1,6-9,11H2,2-5H3. The number of aryl methyl sites for hydroxylation is 1. The normalized spacial score (nSPS) is 16.5. The van der Waals surface area contributed by atoms with Gasteiger partial charge in [0.15, 0.2) is 0 Å². The summed E-state index contributed by atoms with van der Waals surface area (Å²) >= 11 is 0. The number of rotatable bonds is 4. The molecule has 0 N–H and O–H groups in total. The van der Waals surface area contributed by atoms with Gasteiger partial charge in [-0.15, -0.1) is 0 Å². The van der Waals surface area contributed by atoms with Crippen LogP contribution in [0.2, 0.25) is 0 Å². The van der Waals surface area contributed by atoms with Crippen molar-refractivity contribution in [3.63, 3.8) is 0 Å². The van der Waals surface area contributed by atoms with Crippen LogP contribution in [0, 0.1) is 0 Å². The van der Waals surface area contributed by atoms with Crippen molar-refractivity contribution < 1.29 is 4.79 Å². The van der Waals surface area contributed by atoms with Gasteiger partial charge in [-0.2, -0.15) is 5.10 Å². The van der Waals surface area contributed by atoms with Gasteiger partial charge in [-0.05, 0) is 18.9 Å². The maximum atomic E-state index is 12.6. The summed E-state index contributed by atoms with van der Waals surface area (Å²) in [4.78, 5) is 16.9. The van der Waals surface area contributed by atoms with Crippen molar-refractivity contribution >= 4 is 5.91 Å². The molecule has 5 heteroatoms. The zero-order chi connectivity index (χ0) is 15.6. The Hall–Kier alpha value is -1.62. The molecule has 1 aliphatic rings. The predicted molar refractivity (Wildman–Crippen MR) is 84.5 cm³/mol. The quantitative estimate of drug-likeness (QED) is 0.795. The fraction of sp³-hybridized carbons (Fsp3) is 0.625. The van der Waals surface area contributed by atoms with Gasteiger partial charge in [0.05, 0.1) is 5.69 Å². The molecule has 1 aromatic rings. The van der Waals surface area contributed by atoms with E-state index in [2.05, 4.69) is 30.4 Å². The van der Waals surface area contributed by atoms with E-state index < -0.39 is 0 Å². The minimum Gasteiger partial charge on any atom is -0.335 e. The zero-order valence-corrected chi connectivity index (χ0v) is 13.6. The summed E-state index contributed by atoms with van der Waals surface area (Å²) in [6.07, 6.45) is 0. The number of piperazine rings is 1. The highest BCUT2D eigenvalue weighted by Crippen LogP contribution is 2.16. The second kappa shape index (κ2) is 6.43. The van der Waals surface area contributed by atoms with Gasteiger partial charge < -0.3 is 4.90 Å². The molecule has 0 saturated carbocycles. The molecule has 116 valence electrons. The Morgan fingerprint density at radius 2 is 1.95 bits per heavy atom. The van der Waals surface area contributed by atoms with Gasteiger partial charge >= 0.3 is 0 Å². The molecule has 1 amide bonds. The number of hydrogen-bond acceptors (Lipinski definition) is 3. The number of carbonyl (C=O) groups excluding carboxylic acids is 1. The van der Waals surface area contributed by atoms with E-state index >= 15 is 0 Å². The van der Waals surface area contributed by atoms with E-state index in [1.165, 1.54) is 5.57 Å². The molecule has 0 bridgehead atoms. The molecule has 0 spiro atoms. The third-order valence-electron chi connectivity index (χ3n) is 3.86. The highest BCUT2D eigenvalue weighted by molar-refractivity contribution is 5.92. The summed E-state index contributed by atoms with van der Waals surface area (Å²) in [5.41, 5.74) is 2.83. The number of hydrogen-bond donors (Lipinski definition) is 0. The molecule has 0 aromatic carbocycles. The summed E-state index contributed by atoms with van der Waals surface area (Å²) in [6.45, 7) is 14.5. The summed E-state index contributed by atoms with van der Waals surface area (Å²) < 4.78 is 1.71. The third-order valence-corrected chi connectivity index (χ3v) is 3.86. The van der Waals surface area contributed by atoms with Gasteiger partial charge in [0.25, 0.3) is 5.91 Å². The second-order valence-corrected chi connectivity index (χ2v) is 6.26. The van der Waals surface area contributed by atoms with Crippen LogP contribution in [-0.2, 0) is 7.05 Å². The van der Waals surface area contributed by atoms with Crippen molar-refractivity contribution in [3.8, 4) is 0 Å². The van der Waals surface area contributed by atoms with Crippen LogP contribution in [0.4, 0.5) is 0 Å². The molecule has 2 heterocycles. The Kier molecular flexibility index (Phi) is 4.83. The van der Waals surface area contributed by atoms with Gasteiger partial charge in [0.1, 0.15) is 5.69 Å². The lowest BCUT2D eigenvalue weighted by Gasteiger charge is -2.34. The van der Waals surface area contributed by atoms with E-state index in [-0.39, 0.29) is 5.91 Å². The molecular weight excluding hydrogens is 264 g/mol. The Morgan fingerprint density at radius 3 is 2.43 bits per heavy atom. The van der Waals surface area contributed by atoms with Crippen molar-refractivity contribution in [3.05, 3.63) is 29.6 Å². The topological polar surface area (TPSA) is 41.4 Å². The molecule has 0 unspecified atom stereocenters. The fourth-order valence-electron chi connectivity index (χ4n) is 2.62. The van der Waals surface area contributed by atoms with Gasteiger partial charge in [-0.3, -0.25) is 14.4 Å². The SMILES string of the molecule is C=C(C)CN1CCN(C(=O)c2cc(C(C)C)nn2C)CC1. The molecule has 2 rings (SSSR count). The van der Waals surface area contributed by atoms with Gasteiger partial charge in [-0.25, -0.2) is 0 Å². The lowest BCUT2D eigenvalue weighted by atomic mass is 10.1.